The monoisotopic (exact) mass is 290 g/mol. The van der Waals surface area contributed by atoms with Crippen molar-refractivity contribution >= 4 is 5.91 Å². The van der Waals surface area contributed by atoms with Gasteiger partial charge in [0.05, 0.1) is 0 Å². The van der Waals surface area contributed by atoms with Gasteiger partial charge in [0.15, 0.2) is 6.61 Å². The lowest BCUT2D eigenvalue weighted by molar-refractivity contribution is -0.130. The highest BCUT2D eigenvalue weighted by atomic mass is 16.5. The first kappa shape index (κ1) is 15.8. The standard InChI is InChI=1S/C17H26N2O2/c1-4-10-18-16-7-5-6-13-11-14(8-9-15(13)16)21-12-17(20)19(2)3/h8-9,11,16,18H,4-7,10,12H2,1-3H3. The maximum Gasteiger partial charge on any atom is 0.259 e. The highest BCUT2D eigenvalue weighted by Gasteiger charge is 2.20. The molecule has 1 unspecified atom stereocenters. The SMILES string of the molecule is CCCNC1CCCc2cc(OCC(=O)N(C)C)ccc21. The summed E-state index contributed by atoms with van der Waals surface area (Å²) in [5, 5.41) is 3.61. The van der Waals surface area contributed by atoms with E-state index in [0.29, 0.717) is 6.04 Å². The number of hydrogen-bond acceptors (Lipinski definition) is 3. The Hall–Kier alpha value is -1.55. The Kier molecular flexibility index (Phi) is 5.62. The molecule has 1 aromatic carbocycles. The van der Waals surface area contributed by atoms with E-state index < -0.39 is 0 Å². The molecular formula is C17H26N2O2. The average molecular weight is 290 g/mol. The van der Waals surface area contributed by atoms with Gasteiger partial charge in [-0.1, -0.05) is 13.0 Å². The lowest BCUT2D eigenvalue weighted by Gasteiger charge is -2.27. The zero-order chi connectivity index (χ0) is 15.2. The second-order valence-electron chi connectivity index (χ2n) is 5.84. The molecule has 0 fully saturated rings. The molecule has 0 aromatic heterocycles. The summed E-state index contributed by atoms with van der Waals surface area (Å²) < 4.78 is 5.60. The van der Waals surface area contributed by atoms with Gasteiger partial charge in [0.2, 0.25) is 0 Å². The number of nitrogens with zero attached hydrogens (tertiary/aromatic N) is 1. The van der Waals surface area contributed by atoms with Crippen molar-refractivity contribution in [1.82, 2.24) is 10.2 Å². The molecule has 0 bridgehead atoms. The van der Waals surface area contributed by atoms with Gasteiger partial charge in [-0.05, 0) is 55.5 Å². The minimum Gasteiger partial charge on any atom is -0.484 e. The number of likely N-dealkylation sites (N-methyl/N-ethyl adjacent to an activating group) is 1. The van der Waals surface area contributed by atoms with Crippen molar-refractivity contribution in [3.63, 3.8) is 0 Å². The molecule has 1 aliphatic rings. The number of rotatable bonds is 6. The highest BCUT2D eigenvalue weighted by molar-refractivity contribution is 5.77. The van der Waals surface area contributed by atoms with Crippen molar-refractivity contribution in [2.75, 3.05) is 27.2 Å². The molecule has 4 heteroatoms. The molecule has 2 rings (SSSR count). The number of carbonyl (C=O) groups excluding carboxylic acids is 1. The zero-order valence-corrected chi connectivity index (χ0v) is 13.3. The summed E-state index contributed by atoms with van der Waals surface area (Å²) in [5.74, 6) is 0.773. The van der Waals surface area contributed by atoms with E-state index in [1.807, 2.05) is 6.07 Å². The Bertz CT molecular complexity index is 486. The van der Waals surface area contributed by atoms with Crippen molar-refractivity contribution in [2.45, 2.75) is 38.6 Å². The molecule has 21 heavy (non-hydrogen) atoms. The highest BCUT2D eigenvalue weighted by Crippen LogP contribution is 2.32. The van der Waals surface area contributed by atoms with E-state index in [1.54, 1.807) is 19.0 Å². The third-order valence-corrected chi connectivity index (χ3v) is 3.93. The molecule has 116 valence electrons. The number of benzene rings is 1. The van der Waals surface area contributed by atoms with Crippen molar-refractivity contribution in [3.05, 3.63) is 29.3 Å². The zero-order valence-electron chi connectivity index (χ0n) is 13.3. The average Bonchev–Trinajstić information content (AvgIpc) is 2.49. The molecule has 1 N–H and O–H groups in total. The van der Waals surface area contributed by atoms with Crippen molar-refractivity contribution in [3.8, 4) is 5.75 Å². The molecule has 0 saturated carbocycles. The van der Waals surface area contributed by atoms with E-state index in [2.05, 4.69) is 24.4 Å². The fourth-order valence-corrected chi connectivity index (χ4v) is 2.69. The normalized spacial score (nSPS) is 17.2. The van der Waals surface area contributed by atoms with Gasteiger partial charge >= 0.3 is 0 Å². The first-order valence-corrected chi connectivity index (χ1v) is 7.81. The van der Waals surface area contributed by atoms with Crippen LogP contribution in [0.15, 0.2) is 18.2 Å². The van der Waals surface area contributed by atoms with Gasteiger partial charge in [0.25, 0.3) is 5.91 Å². The van der Waals surface area contributed by atoms with E-state index >= 15 is 0 Å². The molecule has 0 spiro atoms. The largest absolute Gasteiger partial charge is 0.484 e. The van der Waals surface area contributed by atoms with Crippen LogP contribution in [-0.4, -0.2) is 38.1 Å². The van der Waals surface area contributed by atoms with Crippen LogP contribution >= 0.6 is 0 Å². The Labute approximate surface area is 127 Å². The van der Waals surface area contributed by atoms with Crippen LogP contribution in [0.1, 0.15) is 43.4 Å². The van der Waals surface area contributed by atoms with Gasteiger partial charge in [-0.2, -0.15) is 0 Å². The van der Waals surface area contributed by atoms with E-state index in [1.165, 1.54) is 24.0 Å². The smallest absolute Gasteiger partial charge is 0.259 e. The van der Waals surface area contributed by atoms with Crippen LogP contribution in [0, 0.1) is 0 Å². The number of hydrogen-bond donors (Lipinski definition) is 1. The second kappa shape index (κ2) is 7.46. The molecular weight excluding hydrogens is 264 g/mol. The molecule has 1 amide bonds. The molecule has 0 saturated heterocycles. The number of fused-ring (bicyclic) bond motifs is 1. The minimum atomic E-state index is -0.0183. The Balaban J connectivity index is 2.03. The van der Waals surface area contributed by atoms with Crippen LogP contribution in [0.5, 0.6) is 5.75 Å². The van der Waals surface area contributed by atoms with Crippen LogP contribution in [0.4, 0.5) is 0 Å². The summed E-state index contributed by atoms with van der Waals surface area (Å²) in [6.45, 7) is 3.35. The maximum absolute atomic E-state index is 11.6. The van der Waals surface area contributed by atoms with Crippen LogP contribution < -0.4 is 10.1 Å². The van der Waals surface area contributed by atoms with Gasteiger partial charge in [0.1, 0.15) is 5.75 Å². The first-order valence-electron chi connectivity index (χ1n) is 7.81. The minimum absolute atomic E-state index is 0.0183. The summed E-state index contributed by atoms with van der Waals surface area (Å²) in [7, 11) is 3.48. The summed E-state index contributed by atoms with van der Waals surface area (Å²) in [5.41, 5.74) is 2.74. The summed E-state index contributed by atoms with van der Waals surface area (Å²) in [6, 6.07) is 6.69. The quantitative estimate of drug-likeness (QED) is 0.875. The third-order valence-electron chi connectivity index (χ3n) is 3.93. The van der Waals surface area contributed by atoms with Gasteiger partial charge in [-0.15, -0.1) is 0 Å². The summed E-state index contributed by atoms with van der Waals surface area (Å²) >= 11 is 0. The van der Waals surface area contributed by atoms with Gasteiger partial charge in [-0.3, -0.25) is 4.79 Å². The Morgan fingerprint density at radius 2 is 2.24 bits per heavy atom. The topological polar surface area (TPSA) is 41.6 Å². The fourth-order valence-electron chi connectivity index (χ4n) is 2.69. The lowest BCUT2D eigenvalue weighted by Crippen LogP contribution is -2.28. The molecule has 0 aliphatic heterocycles. The fraction of sp³-hybridized carbons (Fsp3) is 0.588. The lowest BCUT2D eigenvalue weighted by atomic mass is 9.87. The Morgan fingerprint density at radius 1 is 1.43 bits per heavy atom. The number of amides is 1. The molecule has 4 nitrogen and oxygen atoms in total. The van der Waals surface area contributed by atoms with Gasteiger partial charge in [-0.25, -0.2) is 0 Å². The number of aryl methyl sites for hydroxylation is 1. The third kappa shape index (κ3) is 4.21. The van der Waals surface area contributed by atoms with Crippen molar-refractivity contribution < 1.29 is 9.53 Å². The predicted octanol–water partition coefficient (Wildman–Crippen LogP) is 2.53. The van der Waals surface area contributed by atoms with Crippen LogP contribution in [-0.2, 0) is 11.2 Å². The van der Waals surface area contributed by atoms with E-state index in [-0.39, 0.29) is 12.5 Å². The number of ether oxygens (including phenoxy) is 1. The summed E-state index contributed by atoms with van der Waals surface area (Å²) in [4.78, 5) is 13.1. The molecule has 1 aliphatic carbocycles. The molecule has 1 atom stereocenters. The van der Waals surface area contributed by atoms with Gasteiger partial charge in [0, 0.05) is 20.1 Å². The van der Waals surface area contributed by atoms with Gasteiger partial charge < -0.3 is 15.0 Å². The number of carbonyl (C=O) groups is 1. The van der Waals surface area contributed by atoms with E-state index in [9.17, 15) is 4.79 Å². The van der Waals surface area contributed by atoms with Crippen molar-refractivity contribution in [1.29, 1.82) is 0 Å². The predicted molar refractivity (Wildman–Crippen MR) is 84.6 cm³/mol. The maximum atomic E-state index is 11.6. The van der Waals surface area contributed by atoms with Crippen LogP contribution in [0.3, 0.4) is 0 Å². The number of nitrogens with one attached hydrogen (secondary N) is 1. The van der Waals surface area contributed by atoms with E-state index in [0.717, 1.165) is 25.1 Å². The van der Waals surface area contributed by atoms with Crippen molar-refractivity contribution in [2.24, 2.45) is 0 Å². The Morgan fingerprint density at radius 3 is 2.95 bits per heavy atom. The van der Waals surface area contributed by atoms with Crippen LogP contribution in [0.2, 0.25) is 0 Å². The molecule has 0 heterocycles. The molecule has 1 aromatic rings. The van der Waals surface area contributed by atoms with Crippen LogP contribution in [0.25, 0.3) is 0 Å². The first-order chi connectivity index (χ1) is 10.1. The second-order valence-corrected chi connectivity index (χ2v) is 5.84. The molecule has 0 radical (unpaired) electrons. The van der Waals surface area contributed by atoms with E-state index in [4.69, 9.17) is 4.74 Å². The summed E-state index contributed by atoms with van der Waals surface area (Å²) in [6.07, 6.45) is 4.65.